The molecule has 0 spiro atoms. The Morgan fingerprint density at radius 1 is 0.857 bits per heavy atom. The topological polar surface area (TPSA) is 99.0 Å². The zero-order valence-electron chi connectivity index (χ0n) is 29.4. The van der Waals surface area contributed by atoms with E-state index in [0.717, 1.165) is 60.9 Å². The van der Waals surface area contributed by atoms with Gasteiger partial charge in [0.25, 0.3) is 0 Å². The van der Waals surface area contributed by atoms with Crippen LogP contribution in [-0.4, -0.2) is 90.3 Å². The number of carbonyl (C=O) groups excluding carboxylic acids is 3. The molecule has 2 fully saturated rings. The first-order valence-corrected chi connectivity index (χ1v) is 17.8. The Hall–Kier alpha value is -4.27. The van der Waals surface area contributed by atoms with Crippen molar-refractivity contribution in [3.8, 4) is 11.1 Å². The molecule has 1 heterocycles. The molecule has 1 saturated heterocycles. The predicted molar refractivity (Wildman–Crippen MR) is 197 cm³/mol. The van der Waals surface area contributed by atoms with E-state index in [9.17, 15) is 14.4 Å². The van der Waals surface area contributed by atoms with E-state index in [1.807, 2.05) is 78.9 Å². The highest BCUT2D eigenvalue weighted by Crippen LogP contribution is 2.32. The maximum absolute atomic E-state index is 14.5. The summed E-state index contributed by atoms with van der Waals surface area (Å²) in [6.45, 7) is 1.63. The Labute approximate surface area is 292 Å². The third-order valence-electron chi connectivity index (χ3n) is 10.6. The fraction of sp³-hybridized carbons (Fsp3) is 0.439. The number of nitrogens with two attached hydrogens (primary N) is 1. The van der Waals surface area contributed by atoms with Crippen LogP contribution >= 0.6 is 0 Å². The number of hydrogen-bond acceptors (Lipinski definition) is 5. The van der Waals surface area contributed by atoms with Crippen LogP contribution in [0.25, 0.3) is 11.1 Å². The monoisotopic (exact) mass is 663 g/mol. The quantitative estimate of drug-likeness (QED) is 0.217. The van der Waals surface area contributed by atoms with Gasteiger partial charge in [-0.05, 0) is 86.9 Å². The van der Waals surface area contributed by atoms with Gasteiger partial charge >= 0.3 is 0 Å². The first kappa shape index (κ1) is 36.0. The first-order valence-electron chi connectivity index (χ1n) is 17.8. The molecule has 0 radical (unpaired) electrons. The number of nitrogens with one attached hydrogen (secondary N) is 1. The van der Waals surface area contributed by atoms with Crippen LogP contribution in [0.15, 0.2) is 97.1 Å². The van der Waals surface area contributed by atoms with E-state index < -0.39 is 12.1 Å². The molecule has 8 heteroatoms. The number of rotatable bonds is 15. The molecule has 3 aromatic carbocycles. The van der Waals surface area contributed by atoms with Gasteiger partial charge in [0, 0.05) is 45.1 Å². The third-order valence-corrected chi connectivity index (χ3v) is 10.6. The van der Waals surface area contributed by atoms with Gasteiger partial charge in [0.2, 0.25) is 17.7 Å². The Kier molecular flexibility index (Phi) is 12.4. The number of carbonyl (C=O) groups is 3. The smallest absolute Gasteiger partial charge is 0.246 e. The Morgan fingerprint density at radius 2 is 1.47 bits per heavy atom. The fourth-order valence-electron chi connectivity index (χ4n) is 7.03. The Balaban J connectivity index is 1.36. The Morgan fingerprint density at radius 3 is 2.08 bits per heavy atom. The minimum Gasteiger partial charge on any atom is -0.354 e. The second-order valence-corrected chi connectivity index (χ2v) is 14.1. The second kappa shape index (κ2) is 16.9. The van der Waals surface area contributed by atoms with E-state index >= 15 is 0 Å². The van der Waals surface area contributed by atoms with Crippen molar-refractivity contribution in [1.29, 1.82) is 0 Å². The van der Waals surface area contributed by atoms with Crippen LogP contribution in [0.3, 0.4) is 0 Å². The summed E-state index contributed by atoms with van der Waals surface area (Å²) in [6.07, 6.45) is 10.9. The highest BCUT2D eigenvalue weighted by Gasteiger charge is 2.35. The maximum atomic E-state index is 14.5. The lowest BCUT2D eigenvalue weighted by molar-refractivity contribution is -0.146. The molecule has 3 aromatic rings. The highest BCUT2D eigenvalue weighted by molar-refractivity contribution is 5.95. The van der Waals surface area contributed by atoms with Crippen molar-refractivity contribution in [2.75, 3.05) is 34.2 Å². The number of nitrogens with zero attached hydrogens (tertiary/aromatic N) is 3. The van der Waals surface area contributed by atoms with Gasteiger partial charge in [-0.3, -0.25) is 14.4 Å². The SMILES string of the molecule is CN1CCCC1CCNC(=O)[C@@H](Cc1ccccc1)N(C)C(=O)[C@@H](Cc1ccc(-c2ccccc2)cc1)N(C)C(=O)/C=C/CC1(N)CCC1. The van der Waals surface area contributed by atoms with E-state index in [4.69, 9.17) is 5.73 Å². The molecule has 1 saturated carbocycles. The molecular weight excluding hydrogens is 610 g/mol. The molecule has 1 unspecified atom stereocenters. The first-order chi connectivity index (χ1) is 23.6. The summed E-state index contributed by atoms with van der Waals surface area (Å²) in [5.41, 5.74) is 10.2. The molecule has 3 atom stereocenters. The lowest BCUT2D eigenvalue weighted by Crippen LogP contribution is -2.56. The average Bonchev–Trinajstić information content (AvgIpc) is 3.52. The van der Waals surface area contributed by atoms with E-state index in [1.165, 1.54) is 11.3 Å². The van der Waals surface area contributed by atoms with Gasteiger partial charge in [-0.1, -0.05) is 91.0 Å². The van der Waals surface area contributed by atoms with Crippen molar-refractivity contribution in [3.63, 3.8) is 0 Å². The molecule has 1 aliphatic heterocycles. The summed E-state index contributed by atoms with van der Waals surface area (Å²) >= 11 is 0. The number of benzene rings is 3. The minimum atomic E-state index is -0.821. The molecule has 2 aliphatic rings. The largest absolute Gasteiger partial charge is 0.354 e. The second-order valence-electron chi connectivity index (χ2n) is 14.1. The summed E-state index contributed by atoms with van der Waals surface area (Å²) in [4.78, 5) is 47.4. The molecular formula is C41H53N5O3. The minimum absolute atomic E-state index is 0.186. The van der Waals surface area contributed by atoms with Crippen LogP contribution in [0.5, 0.6) is 0 Å². The van der Waals surface area contributed by atoms with Crippen LogP contribution < -0.4 is 11.1 Å². The van der Waals surface area contributed by atoms with Gasteiger partial charge < -0.3 is 25.8 Å². The van der Waals surface area contributed by atoms with Crippen LogP contribution in [0.1, 0.15) is 56.1 Å². The summed E-state index contributed by atoms with van der Waals surface area (Å²) in [5, 5.41) is 3.14. The van der Waals surface area contributed by atoms with E-state index in [-0.39, 0.29) is 23.3 Å². The van der Waals surface area contributed by atoms with E-state index in [1.54, 1.807) is 25.1 Å². The van der Waals surface area contributed by atoms with E-state index in [0.29, 0.717) is 31.8 Å². The summed E-state index contributed by atoms with van der Waals surface area (Å²) in [5.74, 6) is -0.730. The van der Waals surface area contributed by atoms with Crippen molar-refractivity contribution < 1.29 is 14.4 Å². The molecule has 1 aliphatic carbocycles. The predicted octanol–water partition coefficient (Wildman–Crippen LogP) is 5.22. The van der Waals surface area contributed by atoms with Gasteiger partial charge in [0.1, 0.15) is 12.1 Å². The summed E-state index contributed by atoms with van der Waals surface area (Å²) in [6, 6.07) is 26.9. The average molecular weight is 664 g/mol. The normalized spacial score (nSPS) is 18.4. The van der Waals surface area contributed by atoms with Gasteiger partial charge in [-0.2, -0.15) is 0 Å². The highest BCUT2D eigenvalue weighted by atomic mass is 16.2. The van der Waals surface area contributed by atoms with Crippen molar-refractivity contribution >= 4 is 17.7 Å². The Bertz CT molecular complexity index is 1550. The van der Waals surface area contributed by atoms with Crippen LogP contribution in [0.4, 0.5) is 0 Å². The lowest BCUT2D eigenvalue weighted by atomic mass is 9.75. The number of likely N-dealkylation sites (tertiary alicyclic amines) is 1. The number of likely N-dealkylation sites (N-methyl/N-ethyl adjacent to an activating group) is 2. The molecule has 49 heavy (non-hydrogen) atoms. The summed E-state index contributed by atoms with van der Waals surface area (Å²) < 4.78 is 0. The van der Waals surface area contributed by atoms with Crippen molar-refractivity contribution in [2.24, 2.45) is 5.73 Å². The van der Waals surface area contributed by atoms with Crippen LogP contribution in [0, 0.1) is 0 Å². The number of hydrogen-bond donors (Lipinski definition) is 2. The van der Waals surface area contributed by atoms with Crippen molar-refractivity contribution in [2.45, 2.75) is 81.5 Å². The molecule has 3 amide bonds. The lowest BCUT2D eigenvalue weighted by Gasteiger charge is -2.37. The maximum Gasteiger partial charge on any atom is 0.246 e. The summed E-state index contributed by atoms with van der Waals surface area (Å²) in [7, 11) is 5.50. The third kappa shape index (κ3) is 9.67. The standard InChI is InChI=1S/C41H53N5O3/c1-44-28-11-17-35(44)23-27-43-39(48)36(29-31-13-6-4-7-14-31)46(3)40(49)37(45(2)38(47)18-10-24-41(42)25-12-26-41)30-32-19-21-34(22-20-32)33-15-8-5-9-16-33/h4-10,13-16,18-22,35-37H,11-12,17,23-30,42H2,1-3H3,(H,43,48)/b18-10+/t35?,36-,37-/m1/s1. The van der Waals surface area contributed by atoms with Gasteiger partial charge in [0.15, 0.2) is 0 Å². The van der Waals surface area contributed by atoms with Crippen molar-refractivity contribution in [1.82, 2.24) is 20.0 Å². The zero-order chi connectivity index (χ0) is 34.8. The van der Waals surface area contributed by atoms with Gasteiger partial charge in [0.05, 0.1) is 0 Å². The van der Waals surface area contributed by atoms with E-state index in [2.05, 4.69) is 29.4 Å². The molecule has 8 nitrogen and oxygen atoms in total. The molecule has 5 rings (SSSR count). The molecule has 260 valence electrons. The molecule has 3 N–H and O–H groups in total. The zero-order valence-corrected chi connectivity index (χ0v) is 29.4. The van der Waals surface area contributed by atoms with Gasteiger partial charge in [-0.15, -0.1) is 0 Å². The number of amides is 3. The fourth-order valence-corrected chi connectivity index (χ4v) is 7.03. The van der Waals surface area contributed by atoms with Crippen LogP contribution in [-0.2, 0) is 27.2 Å². The molecule has 0 aromatic heterocycles. The van der Waals surface area contributed by atoms with Gasteiger partial charge in [-0.25, -0.2) is 0 Å². The van der Waals surface area contributed by atoms with Crippen molar-refractivity contribution in [3.05, 3.63) is 108 Å². The molecule has 0 bridgehead atoms. The van der Waals surface area contributed by atoms with Crippen LogP contribution in [0.2, 0.25) is 0 Å².